The summed E-state index contributed by atoms with van der Waals surface area (Å²) in [5.41, 5.74) is 1.29. The zero-order valence-electron chi connectivity index (χ0n) is 11.6. The lowest BCUT2D eigenvalue weighted by Crippen LogP contribution is -2.24. The molecule has 0 aliphatic carbocycles. The maximum atomic E-state index is 3.77. The van der Waals surface area contributed by atoms with Crippen LogP contribution in [-0.4, -0.2) is 0 Å². The molecular formula is C17H16BrNS2. The van der Waals surface area contributed by atoms with Gasteiger partial charge in [-0.25, -0.2) is 0 Å². The van der Waals surface area contributed by atoms with Gasteiger partial charge in [-0.1, -0.05) is 46.3 Å². The highest BCUT2D eigenvalue weighted by atomic mass is 79.9. The van der Waals surface area contributed by atoms with Crippen LogP contribution < -0.4 is 5.32 Å². The topological polar surface area (TPSA) is 12.0 Å². The van der Waals surface area contributed by atoms with Crippen LogP contribution in [0.15, 0.2) is 63.8 Å². The molecule has 0 saturated carbocycles. The summed E-state index contributed by atoms with van der Waals surface area (Å²) in [6, 6.07) is 17.6. The maximum absolute atomic E-state index is 3.77. The van der Waals surface area contributed by atoms with E-state index in [0.717, 1.165) is 4.47 Å². The second-order valence-corrected chi connectivity index (χ2v) is 7.69. The van der Waals surface area contributed by atoms with Gasteiger partial charge in [0.15, 0.2) is 0 Å². The molecule has 0 aliphatic rings. The molecule has 1 atom stereocenters. The summed E-state index contributed by atoms with van der Waals surface area (Å²) in [6.45, 7) is 2.22. The predicted octanol–water partition coefficient (Wildman–Crippen LogP) is 6.01. The van der Waals surface area contributed by atoms with Gasteiger partial charge >= 0.3 is 0 Å². The first-order chi connectivity index (χ1) is 10.3. The van der Waals surface area contributed by atoms with Crippen LogP contribution in [0.3, 0.4) is 0 Å². The lowest BCUT2D eigenvalue weighted by molar-refractivity contribution is 0.525. The molecule has 1 N–H and O–H groups in total. The van der Waals surface area contributed by atoms with Gasteiger partial charge in [0, 0.05) is 20.3 Å². The van der Waals surface area contributed by atoms with E-state index in [1.54, 1.807) is 22.7 Å². The fourth-order valence-electron chi connectivity index (χ4n) is 2.38. The summed E-state index contributed by atoms with van der Waals surface area (Å²) in [6.07, 6.45) is 0. The number of rotatable bonds is 5. The van der Waals surface area contributed by atoms with Crippen molar-refractivity contribution in [2.24, 2.45) is 0 Å². The molecule has 2 heterocycles. The van der Waals surface area contributed by atoms with Gasteiger partial charge in [0.1, 0.15) is 0 Å². The van der Waals surface area contributed by atoms with Crippen molar-refractivity contribution in [1.82, 2.24) is 5.32 Å². The molecule has 0 fully saturated rings. The van der Waals surface area contributed by atoms with Crippen LogP contribution >= 0.6 is 38.6 Å². The Hall–Kier alpha value is -0.940. The summed E-state index contributed by atoms with van der Waals surface area (Å²) >= 11 is 7.26. The van der Waals surface area contributed by atoms with Gasteiger partial charge in [-0.05, 0) is 41.4 Å². The van der Waals surface area contributed by atoms with Gasteiger partial charge < -0.3 is 0 Å². The average molecular weight is 378 g/mol. The minimum absolute atomic E-state index is 0.257. The van der Waals surface area contributed by atoms with Gasteiger partial charge in [-0.3, -0.25) is 5.32 Å². The summed E-state index contributed by atoms with van der Waals surface area (Å²) in [7, 11) is 0. The van der Waals surface area contributed by atoms with Crippen molar-refractivity contribution in [3.05, 3.63) is 79.1 Å². The molecule has 0 amide bonds. The molecule has 3 rings (SSSR count). The Bertz CT molecular complexity index is 642. The van der Waals surface area contributed by atoms with E-state index in [9.17, 15) is 0 Å². The first-order valence-electron chi connectivity index (χ1n) is 6.83. The van der Waals surface area contributed by atoms with Crippen molar-refractivity contribution in [1.29, 1.82) is 0 Å². The van der Waals surface area contributed by atoms with E-state index < -0.39 is 0 Å². The van der Waals surface area contributed by atoms with Gasteiger partial charge in [-0.15, -0.1) is 22.7 Å². The number of thiophene rings is 2. The lowest BCUT2D eigenvalue weighted by atomic mass is 10.1. The van der Waals surface area contributed by atoms with Gasteiger partial charge in [-0.2, -0.15) is 0 Å². The van der Waals surface area contributed by atoms with E-state index in [0.29, 0.717) is 0 Å². The molecule has 0 saturated heterocycles. The second-order valence-electron chi connectivity index (χ2n) is 4.87. The number of hydrogen-bond donors (Lipinski definition) is 1. The van der Waals surface area contributed by atoms with Crippen LogP contribution in [-0.2, 0) is 0 Å². The third kappa shape index (κ3) is 3.46. The SMILES string of the molecule is C[C@H](NC(c1cccs1)c1cccs1)c1ccccc1Br. The third-order valence-electron chi connectivity index (χ3n) is 3.44. The summed E-state index contributed by atoms with van der Waals surface area (Å²) in [5.74, 6) is 0. The van der Waals surface area contributed by atoms with E-state index in [4.69, 9.17) is 0 Å². The number of halogens is 1. The Morgan fingerprint density at radius 2 is 1.52 bits per heavy atom. The number of benzene rings is 1. The van der Waals surface area contributed by atoms with Crippen LogP contribution in [0.2, 0.25) is 0 Å². The van der Waals surface area contributed by atoms with Crippen molar-refractivity contribution in [3.63, 3.8) is 0 Å². The molecule has 21 heavy (non-hydrogen) atoms. The predicted molar refractivity (Wildman–Crippen MR) is 96.2 cm³/mol. The summed E-state index contributed by atoms with van der Waals surface area (Å²) in [5, 5.41) is 8.05. The molecule has 0 radical (unpaired) electrons. The van der Waals surface area contributed by atoms with E-state index >= 15 is 0 Å². The summed E-state index contributed by atoms with van der Waals surface area (Å²) < 4.78 is 1.15. The van der Waals surface area contributed by atoms with Gasteiger partial charge in [0.05, 0.1) is 6.04 Å². The largest absolute Gasteiger partial charge is 0.298 e. The molecule has 108 valence electrons. The smallest absolute Gasteiger partial charge is 0.0769 e. The highest BCUT2D eigenvalue weighted by molar-refractivity contribution is 9.10. The highest BCUT2D eigenvalue weighted by Gasteiger charge is 2.20. The number of nitrogens with one attached hydrogen (secondary N) is 1. The van der Waals surface area contributed by atoms with E-state index in [2.05, 4.69) is 87.5 Å². The molecule has 0 unspecified atom stereocenters. The Labute approximate surface area is 141 Å². The Kier molecular flexibility index (Phi) is 4.91. The minimum atomic E-state index is 0.257. The molecule has 1 nitrogen and oxygen atoms in total. The fourth-order valence-corrected chi connectivity index (χ4v) is 4.69. The summed E-state index contributed by atoms with van der Waals surface area (Å²) in [4.78, 5) is 2.72. The van der Waals surface area contributed by atoms with E-state index in [-0.39, 0.29) is 12.1 Å². The Morgan fingerprint density at radius 1 is 0.905 bits per heavy atom. The Morgan fingerprint density at radius 3 is 2.05 bits per heavy atom. The van der Waals surface area contributed by atoms with E-state index in [1.807, 2.05) is 0 Å². The molecule has 0 spiro atoms. The quantitative estimate of drug-likeness (QED) is 0.573. The standard InChI is InChI=1S/C17H16BrNS2/c1-12(13-6-2-3-7-14(13)18)19-17(15-8-4-10-20-15)16-9-5-11-21-16/h2-12,17,19H,1H3/t12-/m0/s1. The number of hydrogen-bond acceptors (Lipinski definition) is 3. The van der Waals surface area contributed by atoms with E-state index in [1.165, 1.54) is 15.3 Å². The first-order valence-corrected chi connectivity index (χ1v) is 9.38. The van der Waals surface area contributed by atoms with Crippen molar-refractivity contribution in [2.75, 3.05) is 0 Å². The molecule has 4 heteroatoms. The monoisotopic (exact) mass is 377 g/mol. The molecule has 0 aliphatic heterocycles. The molecule has 2 aromatic heterocycles. The minimum Gasteiger partial charge on any atom is -0.298 e. The highest BCUT2D eigenvalue weighted by Crippen LogP contribution is 2.32. The van der Waals surface area contributed by atoms with Crippen LogP contribution in [0, 0.1) is 0 Å². The molecular weight excluding hydrogens is 362 g/mol. The van der Waals surface area contributed by atoms with Gasteiger partial charge in [0.25, 0.3) is 0 Å². The second kappa shape index (κ2) is 6.88. The average Bonchev–Trinajstić information content (AvgIpc) is 3.18. The first kappa shape index (κ1) is 15.0. The van der Waals surface area contributed by atoms with Crippen molar-refractivity contribution in [3.8, 4) is 0 Å². The van der Waals surface area contributed by atoms with Crippen LogP contribution in [0.1, 0.15) is 34.3 Å². The zero-order valence-corrected chi connectivity index (χ0v) is 14.8. The molecule has 3 aromatic rings. The molecule has 0 bridgehead atoms. The Balaban J connectivity index is 1.87. The van der Waals surface area contributed by atoms with Crippen molar-refractivity contribution in [2.45, 2.75) is 19.0 Å². The van der Waals surface area contributed by atoms with Crippen LogP contribution in [0.25, 0.3) is 0 Å². The fraction of sp³-hybridized carbons (Fsp3) is 0.176. The lowest BCUT2D eigenvalue weighted by Gasteiger charge is -2.23. The zero-order chi connectivity index (χ0) is 14.7. The normalized spacial score (nSPS) is 12.7. The van der Waals surface area contributed by atoms with Crippen molar-refractivity contribution < 1.29 is 0 Å². The third-order valence-corrected chi connectivity index (χ3v) is 6.04. The van der Waals surface area contributed by atoms with Crippen molar-refractivity contribution >= 4 is 38.6 Å². The van der Waals surface area contributed by atoms with Gasteiger partial charge in [0.2, 0.25) is 0 Å². The maximum Gasteiger partial charge on any atom is 0.0769 e. The van der Waals surface area contributed by atoms with Crippen LogP contribution in [0.4, 0.5) is 0 Å². The van der Waals surface area contributed by atoms with Crippen LogP contribution in [0.5, 0.6) is 0 Å². The molecule has 1 aromatic carbocycles.